The zero-order chi connectivity index (χ0) is 20.9. The molecule has 0 radical (unpaired) electrons. The molecule has 8 nitrogen and oxygen atoms in total. The highest BCUT2D eigenvalue weighted by molar-refractivity contribution is 7.18. The first-order valence-electron chi connectivity index (χ1n) is 9.25. The molecule has 0 fully saturated rings. The number of amides is 1. The largest absolute Gasteiger partial charge is 0.424 e. The van der Waals surface area contributed by atoms with Crippen LogP contribution in [0.25, 0.3) is 10.2 Å². The summed E-state index contributed by atoms with van der Waals surface area (Å²) < 4.78 is 6.62. The maximum Gasteiger partial charge on any atom is 0.230 e. The van der Waals surface area contributed by atoms with Crippen molar-refractivity contribution in [3.63, 3.8) is 0 Å². The van der Waals surface area contributed by atoms with Gasteiger partial charge in [0.15, 0.2) is 0 Å². The molecule has 2 aromatic carbocycles. The van der Waals surface area contributed by atoms with Crippen molar-refractivity contribution in [1.82, 2.24) is 20.5 Å². The number of carbonyl (C=O) groups is 1. The third kappa shape index (κ3) is 4.45. The van der Waals surface area contributed by atoms with E-state index in [-0.39, 0.29) is 24.8 Å². The van der Waals surface area contributed by atoms with E-state index in [0.717, 1.165) is 26.6 Å². The van der Waals surface area contributed by atoms with Gasteiger partial charge in [0.05, 0.1) is 22.7 Å². The molecule has 1 N–H and O–H groups in total. The van der Waals surface area contributed by atoms with E-state index in [4.69, 9.17) is 9.68 Å². The van der Waals surface area contributed by atoms with Crippen LogP contribution in [0.3, 0.4) is 0 Å². The van der Waals surface area contributed by atoms with Gasteiger partial charge < -0.3 is 14.6 Å². The summed E-state index contributed by atoms with van der Waals surface area (Å²) in [4.78, 5) is 18.4. The second kappa shape index (κ2) is 8.71. The molecule has 150 valence electrons. The van der Waals surface area contributed by atoms with E-state index in [1.165, 1.54) is 0 Å². The minimum Gasteiger partial charge on any atom is -0.424 e. The van der Waals surface area contributed by atoms with Crippen LogP contribution in [0, 0.1) is 11.3 Å². The highest BCUT2D eigenvalue weighted by Gasteiger charge is 2.14. The van der Waals surface area contributed by atoms with Gasteiger partial charge in [0, 0.05) is 18.4 Å². The van der Waals surface area contributed by atoms with Crippen LogP contribution < -0.4 is 10.2 Å². The monoisotopic (exact) mass is 418 g/mol. The lowest BCUT2D eigenvalue weighted by Crippen LogP contribution is -2.25. The number of nitrogens with zero attached hydrogens (tertiary/aromatic N) is 5. The summed E-state index contributed by atoms with van der Waals surface area (Å²) in [7, 11) is 2.03. The lowest BCUT2D eigenvalue weighted by atomic mass is 10.2. The number of hydrogen-bond acceptors (Lipinski definition) is 8. The Labute approximate surface area is 176 Å². The van der Waals surface area contributed by atoms with Gasteiger partial charge in [-0.05, 0) is 30.3 Å². The number of carbonyl (C=O) groups excluding carboxylic acids is 1. The predicted octanol–water partition coefficient (Wildman–Crippen LogP) is 3.22. The van der Waals surface area contributed by atoms with Crippen molar-refractivity contribution in [2.75, 3.05) is 18.5 Å². The van der Waals surface area contributed by atoms with E-state index in [1.807, 2.05) is 43.4 Å². The Morgan fingerprint density at radius 1 is 1.17 bits per heavy atom. The average molecular weight is 418 g/mol. The van der Waals surface area contributed by atoms with Crippen LogP contribution in [0.2, 0.25) is 0 Å². The first kappa shape index (κ1) is 19.5. The average Bonchev–Trinajstić information content (AvgIpc) is 3.37. The SMILES string of the molecule is CN(c1ccccc1)c1ccc2nc(Cc3nnc(CC(=O)NCC#N)o3)sc2c1. The standard InChI is InChI=1S/C21H18N6O2S/c1-27(14-5-3-2-4-6-14)15-7-8-16-17(11-15)30-21(24-16)13-20-26-25-19(29-20)12-18(28)23-10-9-22/h2-8,11H,10,12-13H2,1H3,(H,23,28). The van der Waals surface area contributed by atoms with Crippen molar-refractivity contribution in [2.45, 2.75) is 12.8 Å². The van der Waals surface area contributed by atoms with Crippen molar-refractivity contribution in [1.29, 1.82) is 5.26 Å². The second-order valence-corrected chi connectivity index (χ2v) is 7.65. The van der Waals surface area contributed by atoms with Gasteiger partial charge in [0.1, 0.15) is 18.0 Å². The Kier molecular flexibility index (Phi) is 5.68. The molecule has 0 aliphatic rings. The van der Waals surface area contributed by atoms with E-state index < -0.39 is 0 Å². The van der Waals surface area contributed by atoms with Crippen molar-refractivity contribution >= 4 is 38.8 Å². The van der Waals surface area contributed by atoms with Gasteiger partial charge in [-0.15, -0.1) is 21.5 Å². The lowest BCUT2D eigenvalue weighted by molar-refractivity contribution is -0.120. The Balaban J connectivity index is 1.47. The van der Waals surface area contributed by atoms with E-state index >= 15 is 0 Å². The van der Waals surface area contributed by atoms with Crippen LogP contribution in [-0.2, 0) is 17.6 Å². The highest BCUT2D eigenvalue weighted by atomic mass is 32.1. The van der Waals surface area contributed by atoms with E-state index in [2.05, 4.69) is 43.6 Å². The van der Waals surface area contributed by atoms with Crippen LogP contribution >= 0.6 is 11.3 Å². The predicted molar refractivity (Wildman–Crippen MR) is 114 cm³/mol. The highest BCUT2D eigenvalue weighted by Crippen LogP contribution is 2.30. The molecule has 2 heterocycles. The summed E-state index contributed by atoms with van der Waals surface area (Å²) in [6.45, 7) is -0.0486. The molecule has 0 spiro atoms. The first-order valence-corrected chi connectivity index (χ1v) is 10.1. The normalized spacial score (nSPS) is 10.7. The molecule has 9 heteroatoms. The molecule has 0 saturated carbocycles. The number of benzene rings is 2. The number of rotatable bonds is 7. The molecule has 0 atom stereocenters. The Morgan fingerprint density at radius 2 is 1.97 bits per heavy atom. The maximum absolute atomic E-state index is 11.6. The van der Waals surface area contributed by atoms with E-state index in [0.29, 0.717) is 12.3 Å². The van der Waals surface area contributed by atoms with E-state index in [9.17, 15) is 4.79 Å². The second-order valence-electron chi connectivity index (χ2n) is 6.53. The molecule has 0 saturated heterocycles. The van der Waals surface area contributed by atoms with Gasteiger partial charge in [0.25, 0.3) is 0 Å². The molecule has 30 heavy (non-hydrogen) atoms. The Bertz CT molecular complexity index is 1210. The Morgan fingerprint density at radius 3 is 2.77 bits per heavy atom. The topological polar surface area (TPSA) is 108 Å². The number of nitriles is 1. The van der Waals surface area contributed by atoms with Gasteiger partial charge in [0.2, 0.25) is 17.7 Å². The minimum atomic E-state index is -0.332. The number of anilines is 2. The zero-order valence-corrected chi connectivity index (χ0v) is 17.0. The van der Waals surface area contributed by atoms with Crippen LogP contribution in [0.1, 0.15) is 16.8 Å². The van der Waals surface area contributed by atoms with Gasteiger partial charge in [-0.3, -0.25) is 4.79 Å². The molecule has 4 aromatic rings. The fraction of sp³-hybridized carbons (Fsp3) is 0.190. The molecule has 1 amide bonds. The summed E-state index contributed by atoms with van der Waals surface area (Å²) in [6, 6.07) is 18.2. The van der Waals surface area contributed by atoms with Crippen LogP contribution in [0.15, 0.2) is 52.9 Å². The van der Waals surface area contributed by atoms with Crippen molar-refractivity contribution in [2.24, 2.45) is 0 Å². The summed E-state index contributed by atoms with van der Waals surface area (Å²) in [5.74, 6) is 0.286. The molecule has 2 aromatic heterocycles. The number of aromatic nitrogens is 3. The van der Waals surface area contributed by atoms with Gasteiger partial charge >= 0.3 is 0 Å². The molecule has 0 bridgehead atoms. The quantitative estimate of drug-likeness (QED) is 0.459. The Hall–Kier alpha value is -3.77. The number of thiazole rings is 1. The first-order chi connectivity index (χ1) is 14.6. The minimum absolute atomic E-state index is 0.0486. The molecule has 0 unspecified atom stereocenters. The summed E-state index contributed by atoms with van der Waals surface area (Å²) in [5.41, 5.74) is 3.10. The van der Waals surface area contributed by atoms with Crippen LogP contribution in [-0.4, -0.2) is 34.7 Å². The van der Waals surface area contributed by atoms with Crippen LogP contribution in [0.5, 0.6) is 0 Å². The summed E-state index contributed by atoms with van der Waals surface area (Å²) in [5, 5.41) is 19.7. The number of para-hydroxylation sites is 1. The van der Waals surface area contributed by atoms with Gasteiger partial charge in [-0.2, -0.15) is 5.26 Å². The zero-order valence-electron chi connectivity index (χ0n) is 16.2. The smallest absolute Gasteiger partial charge is 0.230 e. The van der Waals surface area contributed by atoms with Gasteiger partial charge in [-0.25, -0.2) is 4.98 Å². The van der Waals surface area contributed by atoms with Crippen molar-refractivity contribution in [3.8, 4) is 6.07 Å². The van der Waals surface area contributed by atoms with Crippen molar-refractivity contribution in [3.05, 3.63) is 65.3 Å². The number of hydrogen-bond donors (Lipinski definition) is 1. The summed E-state index contributed by atoms with van der Waals surface area (Å²) in [6.07, 6.45) is 0.347. The molecular formula is C21H18N6O2S. The fourth-order valence-electron chi connectivity index (χ4n) is 2.94. The third-order valence-electron chi connectivity index (χ3n) is 4.43. The lowest BCUT2D eigenvalue weighted by Gasteiger charge is -2.19. The molecule has 4 rings (SSSR count). The molecule has 0 aliphatic heterocycles. The van der Waals surface area contributed by atoms with E-state index in [1.54, 1.807) is 11.3 Å². The number of fused-ring (bicyclic) bond motifs is 1. The summed E-state index contributed by atoms with van der Waals surface area (Å²) >= 11 is 1.57. The molecular weight excluding hydrogens is 400 g/mol. The molecule has 0 aliphatic carbocycles. The fourth-order valence-corrected chi connectivity index (χ4v) is 3.94. The maximum atomic E-state index is 11.6. The van der Waals surface area contributed by atoms with Gasteiger partial charge in [-0.1, -0.05) is 18.2 Å². The van der Waals surface area contributed by atoms with Crippen LogP contribution in [0.4, 0.5) is 11.4 Å². The third-order valence-corrected chi connectivity index (χ3v) is 5.45. The number of nitrogens with one attached hydrogen (secondary N) is 1. The van der Waals surface area contributed by atoms with Crippen molar-refractivity contribution < 1.29 is 9.21 Å².